The summed E-state index contributed by atoms with van der Waals surface area (Å²) in [4.78, 5) is 0. The van der Waals surface area contributed by atoms with E-state index in [4.69, 9.17) is 0 Å². The van der Waals surface area contributed by atoms with E-state index in [-0.39, 0.29) is 0 Å². The second-order valence-electron chi connectivity index (χ2n) is 8.16. The van der Waals surface area contributed by atoms with Crippen LogP contribution in [0.1, 0.15) is 22.3 Å². The minimum absolute atomic E-state index is 0.997. The molecule has 31 heavy (non-hydrogen) atoms. The molecule has 0 aliphatic carbocycles. The zero-order chi connectivity index (χ0) is 21.5. The van der Waals surface area contributed by atoms with Crippen molar-refractivity contribution in [3.8, 4) is 22.3 Å². The van der Waals surface area contributed by atoms with Crippen LogP contribution in [0.5, 0.6) is 0 Å². The molecule has 0 spiro atoms. The van der Waals surface area contributed by atoms with Crippen LogP contribution in [0, 0.1) is 13.8 Å². The molecular weight excluding hydrogens is 374 g/mol. The van der Waals surface area contributed by atoms with Crippen molar-refractivity contribution < 1.29 is 0 Å². The van der Waals surface area contributed by atoms with Gasteiger partial charge in [-0.15, -0.1) is 0 Å². The van der Waals surface area contributed by atoms with Gasteiger partial charge in [-0.1, -0.05) is 97.1 Å². The molecule has 0 bridgehead atoms. The Morgan fingerprint density at radius 3 is 1.32 bits per heavy atom. The van der Waals surface area contributed by atoms with E-state index in [0.717, 1.165) is 25.9 Å². The predicted octanol–water partition coefficient (Wildman–Crippen LogP) is 7.01. The van der Waals surface area contributed by atoms with Crippen LogP contribution in [0.15, 0.2) is 97.1 Å². The fourth-order valence-corrected chi connectivity index (χ4v) is 4.34. The molecule has 0 aliphatic heterocycles. The maximum absolute atomic E-state index is 3.66. The van der Waals surface area contributed by atoms with Crippen molar-refractivity contribution in [1.82, 2.24) is 5.32 Å². The van der Waals surface area contributed by atoms with Gasteiger partial charge in [0.15, 0.2) is 0 Å². The Kier molecular flexibility index (Phi) is 6.96. The number of hydrogen-bond donors (Lipinski definition) is 1. The zero-order valence-corrected chi connectivity index (χ0v) is 18.6. The molecule has 0 aromatic heterocycles. The smallest absolute Gasteiger partial charge is 0.000812 e. The lowest BCUT2D eigenvalue weighted by molar-refractivity contribution is 0.679. The van der Waals surface area contributed by atoms with Crippen LogP contribution in [0.2, 0.25) is 0 Å². The van der Waals surface area contributed by atoms with E-state index in [1.54, 1.807) is 0 Å². The van der Waals surface area contributed by atoms with Crippen molar-refractivity contribution in [1.29, 1.82) is 0 Å². The summed E-state index contributed by atoms with van der Waals surface area (Å²) in [6.45, 7) is 6.49. The van der Waals surface area contributed by atoms with E-state index in [1.165, 1.54) is 44.5 Å². The maximum Gasteiger partial charge on any atom is -0.000812 e. The Bertz CT molecular complexity index is 1020. The summed E-state index contributed by atoms with van der Waals surface area (Å²) in [6, 6.07) is 34.7. The molecule has 0 saturated carbocycles. The third kappa shape index (κ3) is 5.13. The highest BCUT2D eigenvalue weighted by Crippen LogP contribution is 2.26. The molecule has 156 valence electrons. The van der Waals surface area contributed by atoms with Gasteiger partial charge in [0.2, 0.25) is 0 Å². The van der Waals surface area contributed by atoms with Gasteiger partial charge in [0.25, 0.3) is 0 Å². The van der Waals surface area contributed by atoms with E-state index in [0.29, 0.717) is 0 Å². The summed E-state index contributed by atoms with van der Waals surface area (Å²) in [5.74, 6) is 0. The standard InChI is InChI=1S/C30H31N/c1-23-25(15-9-17-29(23)27-11-5-3-6-12-27)19-21-31-22-20-26-16-10-18-30(24(26)2)28-13-7-4-8-14-28/h3-18,31H,19-22H2,1-2H3. The summed E-state index contributed by atoms with van der Waals surface area (Å²) < 4.78 is 0. The van der Waals surface area contributed by atoms with Crippen LogP contribution in [-0.4, -0.2) is 13.1 Å². The number of nitrogens with one attached hydrogen (secondary N) is 1. The van der Waals surface area contributed by atoms with Crippen molar-refractivity contribution in [3.63, 3.8) is 0 Å². The van der Waals surface area contributed by atoms with Gasteiger partial charge < -0.3 is 5.32 Å². The van der Waals surface area contributed by atoms with Crippen molar-refractivity contribution in [2.45, 2.75) is 26.7 Å². The van der Waals surface area contributed by atoms with Gasteiger partial charge in [0.05, 0.1) is 0 Å². The molecular formula is C30H31N. The minimum atomic E-state index is 0.997. The Morgan fingerprint density at radius 1 is 0.484 bits per heavy atom. The highest BCUT2D eigenvalue weighted by molar-refractivity contribution is 5.69. The molecule has 0 radical (unpaired) electrons. The second kappa shape index (κ2) is 10.2. The third-order valence-electron chi connectivity index (χ3n) is 6.20. The molecule has 1 heteroatoms. The fourth-order valence-electron chi connectivity index (χ4n) is 4.34. The Morgan fingerprint density at radius 2 is 0.903 bits per heavy atom. The molecule has 0 atom stereocenters. The van der Waals surface area contributed by atoms with Crippen LogP contribution in [0.25, 0.3) is 22.3 Å². The quantitative estimate of drug-likeness (QED) is 0.311. The first-order chi connectivity index (χ1) is 15.2. The highest BCUT2D eigenvalue weighted by Gasteiger charge is 2.07. The monoisotopic (exact) mass is 405 g/mol. The van der Waals surface area contributed by atoms with Crippen LogP contribution >= 0.6 is 0 Å². The molecule has 0 saturated heterocycles. The lowest BCUT2D eigenvalue weighted by Gasteiger charge is -2.14. The molecule has 1 N–H and O–H groups in total. The minimum Gasteiger partial charge on any atom is -0.316 e. The number of hydrogen-bond acceptors (Lipinski definition) is 1. The van der Waals surface area contributed by atoms with Crippen molar-refractivity contribution in [2.75, 3.05) is 13.1 Å². The number of rotatable bonds is 8. The summed E-state index contributed by atoms with van der Waals surface area (Å²) >= 11 is 0. The average Bonchev–Trinajstić information content (AvgIpc) is 2.82. The van der Waals surface area contributed by atoms with Gasteiger partial charge in [0.1, 0.15) is 0 Å². The summed E-state index contributed by atoms with van der Waals surface area (Å²) in [6.07, 6.45) is 2.10. The molecule has 0 heterocycles. The maximum atomic E-state index is 3.66. The Hall–Kier alpha value is -3.16. The van der Waals surface area contributed by atoms with Crippen LogP contribution in [0.3, 0.4) is 0 Å². The Balaban J connectivity index is 1.34. The van der Waals surface area contributed by atoms with Crippen molar-refractivity contribution in [2.24, 2.45) is 0 Å². The molecule has 1 nitrogen and oxygen atoms in total. The molecule has 0 aliphatic rings. The van der Waals surface area contributed by atoms with E-state index in [2.05, 4.69) is 116 Å². The van der Waals surface area contributed by atoms with Gasteiger partial charge in [-0.25, -0.2) is 0 Å². The first-order valence-corrected chi connectivity index (χ1v) is 11.2. The van der Waals surface area contributed by atoms with Crippen molar-refractivity contribution >= 4 is 0 Å². The fraction of sp³-hybridized carbons (Fsp3) is 0.200. The van der Waals surface area contributed by atoms with E-state index in [9.17, 15) is 0 Å². The van der Waals surface area contributed by atoms with Crippen LogP contribution in [0.4, 0.5) is 0 Å². The van der Waals surface area contributed by atoms with Gasteiger partial charge in [0, 0.05) is 0 Å². The van der Waals surface area contributed by atoms with Gasteiger partial charge in [-0.3, -0.25) is 0 Å². The third-order valence-corrected chi connectivity index (χ3v) is 6.20. The average molecular weight is 406 g/mol. The van der Waals surface area contributed by atoms with E-state index >= 15 is 0 Å². The molecule has 4 aromatic rings. The zero-order valence-electron chi connectivity index (χ0n) is 18.6. The van der Waals surface area contributed by atoms with E-state index < -0.39 is 0 Å². The molecule has 0 fully saturated rings. The van der Waals surface area contributed by atoms with Crippen LogP contribution < -0.4 is 5.32 Å². The number of benzene rings is 4. The Labute approximate surface area is 186 Å². The van der Waals surface area contributed by atoms with Gasteiger partial charge in [-0.05, 0) is 84.3 Å². The molecule has 0 amide bonds. The predicted molar refractivity (Wildman–Crippen MR) is 134 cm³/mol. The SMILES string of the molecule is Cc1c(CCNCCc2cccc(-c3ccccc3)c2C)cccc1-c1ccccc1. The molecule has 4 aromatic carbocycles. The first-order valence-electron chi connectivity index (χ1n) is 11.2. The second-order valence-corrected chi connectivity index (χ2v) is 8.16. The summed E-state index contributed by atoms with van der Waals surface area (Å²) in [5.41, 5.74) is 10.9. The van der Waals surface area contributed by atoms with Crippen LogP contribution in [-0.2, 0) is 12.8 Å². The summed E-state index contributed by atoms with van der Waals surface area (Å²) in [7, 11) is 0. The first kappa shape index (κ1) is 21.1. The molecule has 0 unspecified atom stereocenters. The van der Waals surface area contributed by atoms with Crippen molar-refractivity contribution in [3.05, 3.63) is 119 Å². The van der Waals surface area contributed by atoms with Gasteiger partial charge >= 0.3 is 0 Å². The topological polar surface area (TPSA) is 12.0 Å². The lowest BCUT2D eigenvalue weighted by Crippen LogP contribution is -2.20. The molecule has 4 rings (SSSR count). The highest BCUT2D eigenvalue weighted by atomic mass is 14.8. The van der Waals surface area contributed by atoms with Gasteiger partial charge in [-0.2, -0.15) is 0 Å². The van der Waals surface area contributed by atoms with E-state index in [1.807, 2.05) is 0 Å². The normalized spacial score (nSPS) is 10.9. The lowest BCUT2D eigenvalue weighted by atomic mass is 9.94. The largest absolute Gasteiger partial charge is 0.316 e. The summed E-state index contributed by atoms with van der Waals surface area (Å²) in [5, 5.41) is 3.66.